The molecule has 25 heavy (non-hydrogen) atoms. The zero-order valence-corrected chi connectivity index (χ0v) is 14.5. The van der Waals surface area contributed by atoms with Gasteiger partial charge in [-0.1, -0.05) is 30.3 Å². The van der Waals surface area contributed by atoms with E-state index in [9.17, 15) is 4.79 Å². The van der Waals surface area contributed by atoms with Gasteiger partial charge in [0.05, 0.1) is 19.3 Å². The van der Waals surface area contributed by atoms with Crippen LogP contribution < -0.4 is 14.8 Å². The molecule has 0 heterocycles. The fourth-order valence-corrected chi connectivity index (χ4v) is 2.93. The summed E-state index contributed by atoms with van der Waals surface area (Å²) in [6.07, 6.45) is 0.915. The first kappa shape index (κ1) is 17.3. The second kappa shape index (κ2) is 8.03. The monoisotopic (exact) mass is 341 g/mol. The third-order valence-corrected chi connectivity index (χ3v) is 4.32. The van der Waals surface area contributed by atoms with Gasteiger partial charge in [0.2, 0.25) is 0 Å². The van der Waals surface area contributed by atoms with Gasteiger partial charge in [-0.05, 0) is 30.2 Å². The summed E-state index contributed by atoms with van der Waals surface area (Å²) >= 11 is 0. The average Bonchev–Trinajstić information content (AvgIpc) is 3.41. The topological polar surface area (TPSA) is 56.8 Å². The number of carbonyl (C=O) groups excluding carboxylic acids is 1. The van der Waals surface area contributed by atoms with Crippen LogP contribution in [0.15, 0.2) is 48.5 Å². The van der Waals surface area contributed by atoms with Crippen molar-refractivity contribution in [1.29, 1.82) is 0 Å². The van der Waals surface area contributed by atoms with E-state index < -0.39 is 0 Å². The summed E-state index contributed by atoms with van der Waals surface area (Å²) in [5.74, 6) is 1.62. The minimum atomic E-state index is -0.115. The number of carbonyl (C=O) groups is 1. The molecule has 5 nitrogen and oxygen atoms in total. The van der Waals surface area contributed by atoms with Gasteiger partial charge in [-0.3, -0.25) is 4.79 Å². The van der Waals surface area contributed by atoms with E-state index >= 15 is 0 Å². The van der Waals surface area contributed by atoms with E-state index in [-0.39, 0.29) is 11.9 Å². The molecule has 132 valence electrons. The van der Waals surface area contributed by atoms with Crippen LogP contribution in [0, 0.1) is 0 Å². The lowest BCUT2D eigenvalue weighted by Crippen LogP contribution is -2.27. The van der Waals surface area contributed by atoms with Crippen molar-refractivity contribution in [2.75, 3.05) is 27.4 Å². The number of hydrogen-bond acceptors (Lipinski definition) is 4. The number of hydrogen-bond donors (Lipinski definition) is 1. The van der Waals surface area contributed by atoms with Crippen molar-refractivity contribution in [3.8, 4) is 11.5 Å². The van der Waals surface area contributed by atoms with Crippen LogP contribution in [0.2, 0.25) is 0 Å². The summed E-state index contributed by atoms with van der Waals surface area (Å²) < 4.78 is 16.0. The first-order valence-electron chi connectivity index (χ1n) is 8.39. The summed E-state index contributed by atoms with van der Waals surface area (Å²) in [6.45, 7) is 0.891. The highest BCUT2D eigenvalue weighted by Gasteiger charge is 2.41. The molecule has 1 saturated carbocycles. The van der Waals surface area contributed by atoms with Crippen molar-refractivity contribution < 1.29 is 19.0 Å². The van der Waals surface area contributed by atoms with E-state index in [1.54, 1.807) is 26.4 Å². The number of nitrogens with one attached hydrogen (secondary N) is 1. The van der Waals surface area contributed by atoms with E-state index in [0.29, 0.717) is 30.4 Å². The summed E-state index contributed by atoms with van der Waals surface area (Å²) in [5, 5.41) is 3.10. The molecule has 1 amide bonds. The predicted molar refractivity (Wildman–Crippen MR) is 95.4 cm³/mol. The standard InChI is InChI=1S/C20H23NO4/c1-23-11-12-25-19-10-6-4-8-15(19)20(22)21-17-13-16(17)14-7-3-5-9-18(14)24-2/h3-10,16-17H,11-13H2,1-2H3,(H,21,22). The Morgan fingerprint density at radius 2 is 1.76 bits per heavy atom. The van der Waals surface area contributed by atoms with Gasteiger partial charge in [0.25, 0.3) is 5.91 Å². The molecule has 2 aromatic carbocycles. The third-order valence-electron chi connectivity index (χ3n) is 4.32. The van der Waals surface area contributed by atoms with Crippen LogP contribution in [0.3, 0.4) is 0 Å². The quantitative estimate of drug-likeness (QED) is 0.750. The molecule has 0 aliphatic heterocycles. The minimum Gasteiger partial charge on any atom is -0.496 e. The Morgan fingerprint density at radius 1 is 1.04 bits per heavy atom. The summed E-state index contributed by atoms with van der Waals surface area (Å²) in [5.41, 5.74) is 1.68. The van der Waals surface area contributed by atoms with Crippen molar-refractivity contribution in [2.45, 2.75) is 18.4 Å². The molecule has 1 aliphatic carbocycles. The number of benzene rings is 2. The lowest BCUT2D eigenvalue weighted by Gasteiger charge is -2.12. The number of rotatable bonds is 8. The maximum absolute atomic E-state index is 12.6. The van der Waals surface area contributed by atoms with E-state index in [1.807, 2.05) is 30.3 Å². The number of para-hydroxylation sites is 2. The number of amides is 1. The van der Waals surface area contributed by atoms with E-state index in [4.69, 9.17) is 14.2 Å². The maximum Gasteiger partial charge on any atom is 0.255 e. The van der Waals surface area contributed by atoms with Crippen LogP contribution >= 0.6 is 0 Å². The van der Waals surface area contributed by atoms with Crippen molar-refractivity contribution in [1.82, 2.24) is 5.32 Å². The van der Waals surface area contributed by atoms with Gasteiger partial charge in [-0.2, -0.15) is 0 Å². The molecular formula is C20H23NO4. The molecule has 2 atom stereocenters. The van der Waals surface area contributed by atoms with Gasteiger partial charge in [0, 0.05) is 19.1 Å². The predicted octanol–water partition coefficient (Wildman–Crippen LogP) is 3.01. The Kier molecular flexibility index (Phi) is 5.56. The Labute approximate surface area is 147 Å². The van der Waals surface area contributed by atoms with Crippen molar-refractivity contribution >= 4 is 5.91 Å². The van der Waals surface area contributed by atoms with E-state index in [0.717, 1.165) is 17.7 Å². The van der Waals surface area contributed by atoms with Crippen LogP contribution in [-0.2, 0) is 4.74 Å². The summed E-state index contributed by atoms with van der Waals surface area (Å²) in [7, 11) is 3.29. The molecule has 0 radical (unpaired) electrons. The van der Waals surface area contributed by atoms with Crippen LogP contribution in [0.1, 0.15) is 28.3 Å². The van der Waals surface area contributed by atoms with Crippen LogP contribution in [-0.4, -0.2) is 39.4 Å². The maximum atomic E-state index is 12.6. The molecular weight excluding hydrogens is 318 g/mol. The second-order valence-corrected chi connectivity index (χ2v) is 6.00. The Hall–Kier alpha value is -2.53. The molecule has 1 fully saturated rings. The number of ether oxygens (including phenoxy) is 3. The van der Waals surface area contributed by atoms with Crippen molar-refractivity contribution in [3.05, 3.63) is 59.7 Å². The van der Waals surface area contributed by atoms with Gasteiger partial charge in [0.1, 0.15) is 18.1 Å². The summed E-state index contributed by atoms with van der Waals surface area (Å²) in [6, 6.07) is 15.3. The van der Waals surface area contributed by atoms with Gasteiger partial charge in [-0.15, -0.1) is 0 Å². The fraction of sp³-hybridized carbons (Fsp3) is 0.350. The minimum absolute atomic E-state index is 0.115. The first-order chi connectivity index (χ1) is 12.2. The van der Waals surface area contributed by atoms with Gasteiger partial charge >= 0.3 is 0 Å². The van der Waals surface area contributed by atoms with E-state index in [1.165, 1.54) is 0 Å². The van der Waals surface area contributed by atoms with Gasteiger partial charge in [-0.25, -0.2) is 0 Å². The Bertz CT molecular complexity index is 731. The fourth-order valence-electron chi connectivity index (χ4n) is 2.93. The zero-order valence-electron chi connectivity index (χ0n) is 14.5. The highest BCUT2D eigenvalue weighted by Crippen LogP contribution is 2.44. The lowest BCUT2D eigenvalue weighted by molar-refractivity contribution is 0.0942. The molecule has 0 aromatic heterocycles. The Morgan fingerprint density at radius 3 is 2.52 bits per heavy atom. The van der Waals surface area contributed by atoms with Crippen LogP contribution in [0.5, 0.6) is 11.5 Å². The zero-order chi connectivity index (χ0) is 17.6. The first-order valence-corrected chi connectivity index (χ1v) is 8.39. The molecule has 1 aliphatic rings. The molecule has 2 unspecified atom stereocenters. The largest absolute Gasteiger partial charge is 0.496 e. The Balaban J connectivity index is 1.64. The molecule has 1 N–H and O–H groups in total. The normalized spacial score (nSPS) is 18.5. The van der Waals surface area contributed by atoms with Crippen molar-refractivity contribution in [3.63, 3.8) is 0 Å². The second-order valence-electron chi connectivity index (χ2n) is 6.00. The van der Waals surface area contributed by atoms with Gasteiger partial charge in [0.15, 0.2) is 0 Å². The molecule has 0 spiro atoms. The smallest absolute Gasteiger partial charge is 0.255 e. The summed E-state index contributed by atoms with van der Waals surface area (Å²) in [4.78, 5) is 12.6. The molecule has 2 aromatic rings. The van der Waals surface area contributed by atoms with Crippen molar-refractivity contribution in [2.24, 2.45) is 0 Å². The molecule has 3 rings (SSSR count). The highest BCUT2D eigenvalue weighted by molar-refractivity contribution is 5.97. The highest BCUT2D eigenvalue weighted by atomic mass is 16.5. The third kappa shape index (κ3) is 4.12. The lowest BCUT2D eigenvalue weighted by atomic mass is 10.1. The number of methoxy groups -OCH3 is 2. The molecule has 0 bridgehead atoms. The van der Waals surface area contributed by atoms with Gasteiger partial charge < -0.3 is 19.5 Å². The van der Waals surface area contributed by atoms with Crippen LogP contribution in [0.25, 0.3) is 0 Å². The van der Waals surface area contributed by atoms with Crippen LogP contribution in [0.4, 0.5) is 0 Å². The average molecular weight is 341 g/mol. The SMILES string of the molecule is COCCOc1ccccc1C(=O)NC1CC1c1ccccc1OC. The van der Waals surface area contributed by atoms with E-state index in [2.05, 4.69) is 11.4 Å². The molecule has 0 saturated heterocycles. The molecule has 5 heteroatoms.